The molecule has 8 atom stereocenters. The van der Waals surface area contributed by atoms with Gasteiger partial charge in [0, 0.05) is 18.6 Å². The Labute approximate surface area is 90.9 Å². The molecule has 8 unspecified atom stereocenters. The summed E-state index contributed by atoms with van der Waals surface area (Å²) in [5, 5.41) is 0. The summed E-state index contributed by atoms with van der Waals surface area (Å²) in [6.45, 7) is 3.98. The van der Waals surface area contributed by atoms with Crippen LogP contribution < -0.4 is 5.73 Å². The molecular weight excluding hydrogens is 186 g/mol. The molecule has 0 aliphatic heterocycles. The monoisotopic (exact) mass is 205 g/mol. The Morgan fingerprint density at radius 1 is 1.40 bits per heavy atom. The van der Waals surface area contributed by atoms with Gasteiger partial charge in [-0.3, -0.25) is 0 Å². The van der Waals surface area contributed by atoms with Crippen molar-refractivity contribution in [3.05, 3.63) is 12.7 Å². The standard InChI is InChI=1S/C13H19NO/c1-3-13(14)8-5-6-4-7(12(8)15-2)10-9(6)11(10)13/h3,6-12H,1,4-5,14H2,2H3. The zero-order valence-corrected chi connectivity index (χ0v) is 9.23. The fourth-order valence-electron chi connectivity index (χ4n) is 5.58. The maximum absolute atomic E-state index is 6.58. The highest BCUT2D eigenvalue weighted by Crippen LogP contribution is 2.77. The molecule has 4 bridgehead atoms. The SMILES string of the molecule is C=CC1(N)C2CC3CC(C2OC)C2C3C21. The Balaban J connectivity index is 1.82. The van der Waals surface area contributed by atoms with Crippen LogP contribution in [-0.4, -0.2) is 18.8 Å². The fourth-order valence-corrected chi connectivity index (χ4v) is 5.58. The molecule has 0 amide bonds. The number of nitrogens with two attached hydrogens (primary N) is 1. The molecule has 5 saturated carbocycles. The van der Waals surface area contributed by atoms with Gasteiger partial charge in [0.25, 0.3) is 0 Å². The van der Waals surface area contributed by atoms with E-state index in [1.165, 1.54) is 12.8 Å². The summed E-state index contributed by atoms with van der Waals surface area (Å²) in [5.74, 6) is 4.90. The quantitative estimate of drug-likeness (QED) is 0.692. The van der Waals surface area contributed by atoms with E-state index in [2.05, 4.69) is 6.58 Å². The van der Waals surface area contributed by atoms with Gasteiger partial charge in [0.15, 0.2) is 0 Å². The van der Waals surface area contributed by atoms with Crippen molar-refractivity contribution in [1.29, 1.82) is 0 Å². The molecule has 0 heterocycles. The third kappa shape index (κ3) is 0.724. The lowest BCUT2D eigenvalue weighted by atomic mass is 9.57. The summed E-state index contributed by atoms with van der Waals surface area (Å²) in [5.41, 5.74) is 6.47. The van der Waals surface area contributed by atoms with Crippen LogP contribution in [-0.2, 0) is 4.74 Å². The molecule has 5 aliphatic carbocycles. The highest BCUT2D eigenvalue weighted by atomic mass is 16.5. The van der Waals surface area contributed by atoms with Crippen LogP contribution in [0.2, 0.25) is 0 Å². The Bertz CT molecular complexity index is 341. The lowest BCUT2D eigenvalue weighted by molar-refractivity contribution is -0.0887. The van der Waals surface area contributed by atoms with E-state index >= 15 is 0 Å². The van der Waals surface area contributed by atoms with Crippen LogP contribution in [0, 0.1) is 35.5 Å². The van der Waals surface area contributed by atoms with E-state index in [-0.39, 0.29) is 5.54 Å². The Kier molecular flexibility index (Phi) is 1.36. The maximum atomic E-state index is 6.58. The summed E-state index contributed by atoms with van der Waals surface area (Å²) in [4.78, 5) is 0. The molecule has 2 N–H and O–H groups in total. The summed E-state index contributed by atoms with van der Waals surface area (Å²) in [6.07, 6.45) is 5.14. The van der Waals surface area contributed by atoms with Crippen molar-refractivity contribution in [2.75, 3.05) is 7.11 Å². The Morgan fingerprint density at radius 2 is 2.20 bits per heavy atom. The van der Waals surface area contributed by atoms with Crippen molar-refractivity contribution in [2.45, 2.75) is 24.5 Å². The van der Waals surface area contributed by atoms with Crippen molar-refractivity contribution in [2.24, 2.45) is 41.2 Å². The van der Waals surface area contributed by atoms with Gasteiger partial charge in [-0.1, -0.05) is 6.08 Å². The van der Waals surface area contributed by atoms with Crippen LogP contribution in [0.5, 0.6) is 0 Å². The lowest BCUT2D eigenvalue weighted by Gasteiger charge is -2.53. The Morgan fingerprint density at radius 3 is 2.87 bits per heavy atom. The minimum atomic E-state index is -0.108. The smallest absolute Gasteiger partial charge is 0.0651 e. The first-order valence-electron chi connectivity index (χ1n) is 6.17. The molecule has 0 radical (unpaired) electrons. The molecule has 5 aliphatic rings. The van der Waals surface area contributed by atoms with Gasteiger partial charge in [-0.2, -0.15) is 0 Å². The van der Waals surface area contributed by atoms with E-state index in [1.807, 2.05) is 13.2 Å². The highest BCUT2D eigenvalue weighted by molar-refractivity contribution is 5.33. The van der Waals surface area contributed by atoms with Gasteiger partial charge in [0.05, 0.1) is 6.10 Å². The second-order valence-electron chi connectivity index (χ2n) is 6.09. The largest absolute Gasteiger partial charge is 0.381 e. The second-order valence-corrected chi connectivity index (χ2v) is 6.09. The van der Waals surface area contributed by atoms with Crippen LogP contribution >= 0.6 is 0 Å². The van der Waals surface area contributed by atoms with Crippen molar-refractivity contribution < 1.29 is 4.74 Å². The van der Waals surface area contributed by atoms with Gasteiger partial charge in [0.1, 0.15) is 0 Å². The fraction of sp³-hybridized carbons (Fsp3) is 0.846. The molecule has 0 aromatic heterocycles. The van der Waals surface area contributed by atoms with Gasteiger partial charge < -0.3 is 10.5 Å². The number of rotatable bonds is 2. The number of methoxy groups -OCH3 is 1. The van der Waals surface area contributed by atoms with Crippen molar-refractivity contribution in [3.8, 4) is 0 Å². The van der Waals surface area contributed by atoms with Crippen molar-refractivity contribution in [1.82, 2.24) is 0 Å². The summed E-state index contributed by atoms with van der Waals surface area (Å²) in [6, 6.07) is 0. The van der Waals surface area contributed by atoms with E-state index in [4.69, 9.17) is 10.5 Å². The summed E-state index contributed by atoms with van der Waals surface area (Å²) in [7, 11) is 1.86. The minimum Gasteiger partial charge on any atom is -0.381 e. The van der Waals surface area contributed by atoms with E-state index in [0.29, 0.717) is 12.0 Å². The van der Waals surface area contributed by atoms with Gasteiger partial charge in [-0.25, -0.2) is 0 Å². The third-order valence-corrected chi connectivity index (χ3v) is 5.97. The molecule has 0 saturated heterocycles. The van der Waals surface area contributed by atoms with E-state index in [1.54, 1.807) is 0 Å². The molecule has 2 nitrogen and oxygen atoms in total. The summed E-state index contributed by atoms with van der Waals surface area (Å²) < 4.78 is 5.74. The molecule has 0 aromatic carbocycles. The molecule has 0 spiro atoms. The first-order chi connectivity index (χ1) is 7.22. The normalized spacial score (nSPS) is 68.3. The highest BCUT2D eigenvalue weighted by Gasteiger charge is 2.78. The van der Waals surface area contributed by atoms with Crippen molar-refractivity contribution in [3.63, 3.8) is 0 Å². The maximum Gasteiger partial charge on any atom is 0.0651 e. The first kappa shape index (κ1) is 8.77. The average molecular weight is 205 g/mol. The second kappa shape index (κ2) is 2.33. The van der Waals surface area contributed by atoms with Gasteiger partial charge in [0.2, 0.25) is 0 Å². The first-order valence-corrected chi connectivity index (χ1v) is 6.17. The molecule has 5 fully saturated rings. The van der Waals surface area contributed by atoms with Gasteiger partial charge in [-0.05, 0) is 42.4 Å². The van der Waals surface area contributed by atoms with Crippen LogP contribution in [0.15, 0.2) is 12.7 Å². The summed E-state index contributed by atoms with van der Waals surface area (Å²) >= 11 is 0. The number of ether oxygens (including phenoxy) is 1. The molecule has 82 valence electrons. The van der Waals surface area contributed by atoms with E-state index in [0.717, 1.165) is 29.6 Å². The number of hydrogen-bond acceptors (Lipinski definition) is 2. The van der Waals surface area contributed by atoms with Crippen LogP contribution in [0.4, 0.5) is 0 Å². The van der Waals surface area contributed by atoms with Crippen LogP contribution in [0.25, 0.3) is 0 Å². The topological polar surface area (TPSA) is 35.2 Å². The van der Waals surface area contributed by atoms with E-state index < -0.39 is 0 Å². The third-order valence-electron chi connectivity index (χ3n) is 5.97. The molecule has 0 aromatic rings. The zero-order valence-electron chi connectivity index (χ0n) is 9.23. The van der Waals surface area contributed by atoms with E-state index in [9.17, 15) is 0 Å². The zero-order chi connectivity index (χ0) is 10.4. The minimum absolute atomic E-state index is 0.108. The van der Waals surface area contributed by atoms with Crippen molar-refractivity contribution >= 4 is 0 Å². The lowest BCUT2D eigenvalue weighted by Crippen LogP contribution is -2.62. The molecule has 2 heteroatoms. The van der Waals surface area contributed by atoms with Crippen LogP contribution in [0.3, 0.4) is 0 Å². The van der Waals surface area contributed by atoms with Gasteiger partial charge >= 0.3 is 0 Å². The molecular formula is C13H19NO. The number of hydrogen-bond donors (Lipinski definition) is 1. The average Bonchev–Trinajstić information content (AvgIpc) is 2.94. The molecule has 15 heavy (non-hydrogen) atoms. The predicted molar refractivity (Wildman–Crippen MR) is 58.1 cm³/mol. The van der Waals surface area contributed by atoms with Crippen LogP contribution in [0.1, 0.15) is 12.8 Å². The molecule has 5 rings (SSSR count). The predicted octanol–water partition coefficient (Wildman–Crippen LogP) is 1.42. The van der Waals surface area contributed by atoms with Gasteiger partial charge in [-0.15, -0.1) is 6.58 Å². The Hall–Kier alpha value is -0.340.